The van der Waals surface area contributed by atoms with Crippen molar-refractivity contribution in [1.29, 1.82) is 0 Å². The lowest BCUT2D eigenvalue weighted by atomic mass is 10.0. The van der Waals surface area contributed by atoms with Crippen molar-refractivity contribution in [3.8, 4) is 0 Å². The van der Waals surface area contributed by atoms with E-state index < -0.39 is 23.7 Å². The van der Waals surface area contributed by atoms with Gasteiger partial charge >= 0.3 is 5.97 Å². The molecule has 0 aliphatic carbocycles. The molecule has 0 saturated carbocycles. The summed E-state index contributed by atoms with van der Waals surface area (Å²) in [5.74, 6) is -2.01. The summed E-state index contributed by atoms with van der Waals surface area (Å²) in [5, 5.41) is 2.47. The third-order valence-electron chi connectivity index (χ3n) is 2.58. The average Bonchev–Trinajstić information content (AvgIpc) is 2.34. The number of benzene rings is 1. The summed E-state index contributed by atoms with van der Waals surface area (Å²) in [6.07, 6.45) is 0. The van der Waals surface area contributed by atoms with Crippen molar-refractivity contribution < 1.29 is 18.7 Å². The first kappa shape index (κ1) is 15.6. The zero-order chi connectivity index (χ0) is 14.6. The van der Waals surface area contributed by atoms with Gasteiger partial charge in [0.2, 0.25) is 0 Å². The maximum atomic E-state index is 13.6. The van der Waals surface area contributed by atoms with Crippen LogP contribution in [-0.4, -0.2) is 25.0 Å². The van der Waals surface area contributed by atoms with Gasteiger partial charge in [0.25, 0.3) is 5.91 Å². The van der Waals surface area contributed by atoms with Gasteiger partial charge in [-0.25, -0.2) is 9.18 Å². The smallest absolute Gasteiger partial charge is 0.328 e. The second-order valence-electron chi connectivity index (χ2n) is 4.34. The molecular weight excluding hydrogens is 317 g/mol. The Balaban J connectivity index is 2.91. The van der Waals surface area contributed by atoms with Crippen LogP contribution in [0.25, 0.3) is 0 Å². The SMILES string of the molecule is COC(=O)[C@@H](NC(=O)c1ccc(Br)cc1F)C(C)C. The molecule has 0 aliphatic heterocycles. The topological polar surface area (TPSA) is 55.4 Å². The molecule has 0 aromatic heterocycles. The van der Waals surface area contributed by atoms with Crippen LogP contribution in [0.5, 0.6) is 0 Å². The van der Waals surface area contributed by atoms with Gasteiger partial charge in [-0.1, -0.05) is 29.8 Å². The van der Waals surface area contributed by atoms with E-state index in [9.17, 15) is 14.0 Å². The first-order valence-corrected chi connectivity index (χ1v) is 6.50. The number of methoxy groups -OCH3 is 1. The van der Waals surface area contributed by atoms with Crippen LogP contribution >= 0.6 is 15.9 Å². The lowest BCUT2D eigenvalue weighted by molar-refractivity contribution is -0.144. The second-order valence-corrected chi connectivity index (χ2v) is 5.26. The van der Waals surface area contributed by atoms with Crippen molar-refractivity contribution in [2.45, 2.75) is 19.9 Å². The predicted octanol–water partition coefficient (Wildman–Crippen LogP) is 2.52. The van der Waals surface area contributed by atoms with Gasteiger partial charge in [0.15, 0.2) is 0 Å². The lowest BCUT2D eigenvalue weighted by Crippen LogP contribution is -2.45. The maximum Gasteiger partial charge on any atom is 0.328 e. The highest BCUT2D eigenvalue weighted by Gasteiger charge is 2.26. The Labute approximate surface area is 119 Å². The fourth-order valence-electron chi connectivity index (χ4n) is 1.52. The quantitative estimate of drug-likeness (QED) is 0.862. The molecule has 19 heavy (non-hydrogen) atoms. The minimum Gasteiger partial charge on any atom is -0.467 e. The monoisotopic (exact) mass is 331 g/mol. The fraction of sp³-hybridized carbons (Fsp3) is 0.385. The van der Waals surface area contributed by atoms with Crippen LogP contribution in [0.4, 0.5) is 4.39 Å². The van der Waals surface area contributed by atoms with Crippen LogP contribution in [0, 0.1) is 11.7 Å². The number of amides is 1. The highest BCUT2D eigenvalue weighted by Crippen LogP contribution is 2.16. The van der Waals surface area contributed by atoms with Gasteiger partial charge in [-0.15, -0.1) is 0 Å². The van der Waals surface area contributed by atoms with Crippen LogP contribution in [-0.2, 0) is 9.53 Å². The first-order chi connectivity index (χ1) is 8.86. The van der Waals surface area contributed by atoms with Gasteiger partial charge in [-0.05, 0) is 24.1 Å². The highest BCUT2D eigenvalue weighted by atomic mass is 79.9. The molecule has 0 fully saturated rings. The molecule has 0 bridgehead atoms. The molecule has 1 N–H and O–H groups in total. The molecule has 6 heteroatoms. The Morgan fingerprint density at radius 1 is 1.37 bits per heavy atom. The fourth-order valence-corrected chi connectivity index (χ4v) is 1.85. The summed E-state index contributed by atoms with van der Waals surface area (Å²) in [7, 11) is 1.24. The zero-order valence-corrected chi connectivity index (χ0v) is 12.5. The van der Waals surface area contributed by atoms with Crippen LogP contribution in [0.1, 0.15) is 24.2 Å². The molecule has 0 unspecified atom stereocenters. The first-order valence-electron chi connectivity index (χ1n) is 5.70. The average molecular weight is 332 g/mol. The molecule has 1 atom stereocenters. The van der Waals surface area contributed by atoms with Gasteiger partial charge in [-0.2, -0.15) is 0 Å². The standard InChI is InChI=1S/C13H15BrFNO3/c1-7(2)11(13(18)19-3)16-12(17)9-5-4-8(14)6-10(9)15/h4-7,11H,1-3H3,(H,16,17)/t11-/m0/s1. The summed E-state index contributed by atoms with van der Waals surface area (Å²) in [4.78, 5) is 23.5. The van der Waals surface area contributed by atoms with E-state index in [4.69, 9.17) is 0 Å². The van der Waals surface area contributed by atoms with Crippen molar-refractivity contribution in [3.05, 3.63) is 34.1 Å². The maximum absolute atomic E-state index is 13.6. The molecule has 0 aliphatic rings. The summed E-state index contributed by atoms with van der Waals surface area (Å²) in [5.41, 5.74) is -0.113. The molecule has 1 rings (SSSR count). The number of hydrogen-bond acceptors (Lipinski definition) is 3. The van der Waals surface area contributed by atoms with Crippen LogP contribution in [0.2, 0.25) is 0 Å². The van der Waals surface area contributed by atoms with E-state index in [1.807, 2.05) is 0 Å². The number of rotatable bonds is 4. The number of ether oxygens (including phenoxy) is 1. The summed E-state index contributed by atoms with van der Waals surface area (Å²) >= 11 is 3.11. The van der Waals surface area contributed by atoms with E-state index in [0.29, 0.717) is 4.47 Å². The van der Waals surface area contributed by atoms with Gasteiger partial charge in [0.05, 0.1) is 12.7 Å². The molecule has 1 aromatic rings. The van der Waals surface area contributed by atoms with Crippen molar-refractivity contribution in [2.24, 2.45) is 5.92 Å². The van der Waals surface area contributed by atoms with Gasteiger partial charge in [0, 0.05) is 4.47 Å². The Morgan fingerprint density at radius 3 is 2.47 bits per heavy atom. The third-order valence-corrected chi connectivity index (χ3v) is 3.08. The van der Waals surface area contributed by atoms with E-state index >= 15 is 0 Å². The predicted molar refractivity (Wildman–Crippen MR) is 72.2 cm³/mol. The molecule has 0 heterocycles. The number of hydrogen-bond donors (Lipinski definition) is 1. The Bertz CT molecular complexity index is 491. The molecule has 1 aromatic carbocycles. The zero-order valence-electron chi connectivity index (χ0n) is 10.9. The molecule has 1 amide bonds. The summed E-state index contributed by atoms with van der Waals surface area (Å²) in [6, 6.07) is 3.29. The van der Waals surface area contributed by atoms with E-state index in [-0.39, 0.29) is 11.5 Å². The Kier molecular flexibility index (Phi) is 5.47. The van der Waals surface area contributed by atoms with Crippen molar-refractivity contribution in [1.82, 2.24) is 5.32 Å². The van der Waals surface area contributed by atoms with E-state index in [1.165, 1.54) is 19.2 Å². The molecule has 0 spiro atoms. The molecule has 4 nitrogen and oxygen atoms in total. The van der Waals surface area contributed by atoms with Crippen LogP contribution in [0.3, 0.4) is 0 Å². The molecule has 104 valence electrons. The van der Waals surface area contributed by atoms with Gasteiger partial charge < -0.3 is 10.1 Å². The number of esters is 1. The number of halogens is 2. The van der Waals surface area contributed by atoms with Crippen molar-refractivity contribution >= 4 is 27.8 Å². The molecule has 0 radical (unpaired) electrons. The lowest BCUT2D eigenvalue weighted by Gasteiger charge is -2.19. The number of carbonyl (C=O) groups excluding carboxylic acids is 2. The van der Waals surface area contributed by atoms with Crippen molar-refractivity contribution in [3.63, 3.8) is 0 Å². The summed E-state index contributed by atoms with van der Waals surface area (Å²) < 4.78 is 18.8. The minimum absolute atomic E-state index is 0.113. The molecular formula is C13H15BrFNO3. The van der Waals surface area contributed by atoms with Crippen LogP contribution < -0.4 is 5.32 Å². The number of carbonyl (C=O) groups is 2. The van der Waals surface area contributed by atoms with Crippen molar-refractivity contribution in [2.75, 3.05) is 7.11 Å². The van der Waals surface area contributed by atoms with Gasteiger partial charge in [0.1, 0.15) is 11.9 Å². The van der Waals surface area contributed by atoms with E-state index in [2.05, 4.69) is 26.0 Å². The van der Waals surface area contributed by atoms with Crippen LogP contribution in [0.15, 0.2) is 22.7 Å². The third kappa shape index (κ3) is 4.02. The number of nitrogens with one attached hydrogen (secondary N) is 1. The highest BCUT2D eigenvalue weighted by molar-refractivity contribution is 9.10. The Hall–Kier alpha value is -1.43. The van der Waals surface area contributed by atoms with E-state index in [1.54, 1.807) is 19.9 Å². The Morgan fingerprint density at radius 2 is 2.00 bits per heavy atom. The van der Waals surface area contributed by atoms with Gasteiger partial charge in [-0.3, -0.25) is 4.79 Å². The summed E-state index contributed by atoms with van der Waals surface area (Å²) in [6.45, 7) is 3.53. The second kappa shape index (κ2) is 6.65. The largest absolute Gasteiger partial charge is 0.467 e. The van der Waals surface area contributed by atoms with E-state index in [0.717, 1.165) is 0 Å². The minimum atomic E-state index is -0.805. The molecule has 0 saturated heterocycles. The normalized spacial score (nSPS) is 12.1.